The molecule has 0 radical (unpaired) electrons. The summed E-state index contributed by atoms with van der Waals surface area (Å²) < 4.78 is 0. The first-order valence-corrected chi connectivity index (χ1v) is 5.67. The third kappa shape index (κ3) is 2.13. The number of likely N-dealkylation sites (tertiary alicyclic amines) is 1. The van der Waals surface area contributed by atoms with Crippen molar-refractivity contribution in [3.8, 4) is 0 Å². The lowest BCUT2D eigenvalue weighted by molar-refractivity contribution is -0.129. The Labute approximate surface area is 87.0 Å². The summed E-state index contributed by atoms with van der Waals surface area (Å²) in [5.74, 6) is 0.125. The van der Waals surface area contributed by atoms with Gasteiger partial charge in [-0.3, -0.25) is 4.79 Å². The molecule has 14 heavy (non-hydrogen) atoms. The van der Waals surface area contributed by atoms with Crippen molar-refractivity contribution in [1.29, 1.82) is 0 Å². The number of aliphatic hydroxyl groups excluding tert-OH is 1. The predicted octanol–water partition coefficient (Wildman–Crippen LogP) is 0.884. The van der Waals surface area contributed by atoms with Gasteiger partial charge in [-0.25, -0.2) is 0 Å². The van der Waals surface area contributed by atoms with Crippen LogP contribution in [0.2, 0.25) is 0 Å². The molecule has 1 amide bonds. The Morgan fingerprint density at radius 1 is 1.71 bits per heavy atom. The number of rotatable bonds is 2. The molecule has 2 heterocycles. The van der Waals surface area contributed by atoms with E-state index in [2.05, 4.69) is 0 Å². The van der Waals surface area contributed by atoms with E-state index in [1.54, 1.807) is 16.2 Å². The summed E-state index contributed by atoms with van der Waals surface area (Å²) in [4.78, 5) is 13.4. The Hall–Kier alpha value is -0.870. The van der Waals surface area contributed by atoms with E-state index in [1.165, 1.54) is 0 Å². The Morgan fingerprint density at radius 2 is 2.57 bits per heavy atom. The van der Waals surface area contributed by atoms with Gasteiger partial charge in [0.05, 0.1) is 12.5 Å². The van der Waals surface area contributed by atoms with Crippen LogP contribution in [0, 0.1) is 0 Å². The van der Waals surface area contributed by atoms with Crippen molar-refractivity contribution >= 4 is 17.2 Å². The van der Waals surface area contributed by atoms with Crippen molar-refractivity contribution in [2.75, 3.05) is 13.1 Å². The van der Waals surface area contributed by atoms with Gasteiger partial charge in [-0.05, 0) is 28.8 Å². The molecule has 3 nitrogen and oxygen atoms in total. The smallest absolute Gasteiger partial charge is 0.227 e. The Kier molecular flexibility index (Phi) is 2.84. The largest absolute Gasteiger partial charge is 0.391 e. The lowest BCUT2D eigenvalue weighted by Crippen LogP contribution is -2.30. The molecule has 1 aromatic rings. The van der Waals surface area contributed by atoms with Crippen molar-refractivity contribution in [3.05, 3.63) is 22.4 Å². The minimum atomic E-state index is -0.318. The van der Waals surface area contributed by atoms with Gasteiger partial charge in [-0.2, -0.15) is 11.3 Å². The summed E-state index contributed by atoms with van der Waals surface area (Å²) in [6, 6.07) is 1.97. The summed E-state index contributed by atoms with van der Waals surface area (Å²) in [6.07, 6.45) is 0.868. The topological polar surface area (TPSA) is 40.5 Å². The van der Waals surface area contributed by atoms with Gasteiger partial charge in [0, 0.05) is 13.1 Å². The highest BCUT2D eigenvalue weighted by Gasteiger charge is 2.24. The minimum absolute atomic E-state index is 0.125. The van der Waals surface area contributed by atoms with E-state index in [4.69, 9.17) is 0 Å². The van der Waals surface area contributed by atoms with Gasteiger partial charge in [0.2, 0.25) is 5.91 Å². The van der Waals surface area contributed by atoms with Crippen molar-refractivity contribution in [1.82, 2.24) is 4.90 Å². The second-order valence-electron chi connectivity index (χ2n) is 3.59. The van der Waals surface area contributed by atoms with Crippen LogP contribution >= 0.6 is 11.3 Å². The number of β-amino-alcohol motifs (C(OH)–C–C–N with tert-alkyl or cyclic N) is 1. The molecule has 1 aliphatic heterocycles. The number of nitrogens with zero attached hydrogens (tertiary/aromatic N) is 1. The third-order valence-corrected chi connectivity index (χ3v) is 3.18. The summed E-state index contributed by atoms with van der Waals surface area (Å²) in [5, 5.41) is 13.2. The Balaban J connectivity index is 1.90. The average molecular weight is 211 g/mol. The molecule has 0 unspecified atom stereocenters. The maximum atomic E-state index is 11.7. The SMILES string of the molecule is O=C(Cc1ccsc1)N1CC[C@H](O)C1. The first-order chi connectivity index (χ1) is 6.75. The van der Waals surface area contributed by atoms with Crippen LogP contribution < -0.4 is 0 Å². The van der Waals surface area contributed by atoms with Gasteiger partial charge in [0.15, 0.2) is 0 Å². The molecule has 1 atom stereocenters. The monoisotopic (exact) mass is 211 g/mol. The van der Waals surface area contributed by atoms with Crippen molar-refractivity contribution < 1.29 is 9.90 Å². The number of carbonyl (C=O) groups excluding carboxylic acids is 1. The highest BCUT2D eigenvalue weighted by molar-refractivity contribution is 7.07. The van der Waals surface area contributed by atoms with Gasteiger partial charge in [-0.15, -0.1) is 0 Å². The predicted molar refractivity (Wildman–Crippen MR) is 55.2 cm³/mol. The molecule has 1 N–H and O–H groups in total. The van der Waals surface area contributed by atoms with E-state index >= 15 is 0 Å². The van der Waals surface area contributed by atoms with Gasteiger partial charge in [0.1, 0.15) is 0 Å². The summed E-state index contributed by atoms with van der Waals surface area (Å²) in [6.45, 7) is 1.20. The molecule has 1 aromatic heterocycles. The number of hydrogen-bond donors (Lipinski definition) is 1. The molecule has 4 heteroatoms. The van der Waals surface area contributed by atoms with Crippen molar-refractivity contribution in [2.45, 2.75) is 18.9 Å². The van der Waals surface area contributed by atoms with Crippen molar-refractivity contribution in [2.24, 2.45) is 0 Å². The fraction of sp³-hybridized carbons (Fsp3) is 0.500. The van der Waals surface area contributed by atoms with Gasteiger partial charge < -0.3 is 10.0 Å². The quantitative estimate of drug-likeness (QED) is 0.789. The van der Waals surface area contributed by atoms with E-state index in [1.807, 2.05) is 16.8 Å². The van der Waals surface area contributed by atoms with Crippen LogP contribution in [0.1, 0.15) is 12.0 Å². The third-order valence-electron chi connectivity index (χ3n) is 2.45. The maximum Gasteiger partial charge on any atom is 0.227 e. The van der Waals surface area contributed by atoms with E-state index < -0.39 is 0 Å². The second-order valence-corrected chi connectivity index (χ2v) is 4.37. The van der Waals surface area contributed by atoms with Crippen LogP contribution in [-0.2, 0) is 11.2 Å². The first-order valence-electron chi connectivity index (χ1n) is 4.72. The molecular weight excluding hydrogens is 198 g/mol. The lowest BCUT2D eigenvalue weighted by atomic mass is 10.2. The van der Waals surface area contributed by atoms with Crippen LogP contribution in [0.25, 0.3) is 0 Å². The van der Waals surface area contributed by atoms with E-state index in [9.17, 15) is 9.90 Å². The molecule has 0 spiro atoms. The lowest BCUT2D eigenvalue weighted by Gasteiger charge is -2.14. The molecule has 0 aromatic carbocycles. The van der Waals surface area contributed by atoms with Crippen LogP contribution in [-0.4, -0.2) is 35.1 Å². The first kappa shape index (κ1) is 9.68. The average Bonchev–Trinajstić information content (AvgIpc) is 2.75. The summed E-state index contributed by atoms with van der Waals surface area (Å²) >= 11 is 1.60. The van der Waals surface area contributed by atoms with Crippen LogP contribution in [0.5, 0.6) is 0 Å². The number of aliphatic hydroxyl groups is 1. The fourth-order valence-corrected chi connectivity index (χ4v) is 2.32. The fourth-order valence-electron chi connectivity index (χ4n) is 1.65. The zero-order valence-corrected chi connectivity index (χ0v) is 8.67. The van der Waals surface area contributed by atoms with Crippen LogP contribution in [0.4, 0.5) is 0 Å². The molecule has 1 fully saturated rings. The highest BCUT2D eigenvalue weighted by atomic mass is 32.1. The van der Waals surface area contributed by atoms with Crippen LogP contribution in [0.3, 0.4) is 0 Å². The normalized spacial score (nSPS) is 21.5. The van der Waals surface area contributed by atoms with E-state index in [0.717, 1.165) is 12.0 Å². The number of amides is 1. The molecule has 0 aliphatic carbocycles. The molecule has 76 valence electrons. The zero-order chi connectivity index (χ0) is 9.97. The standard InChI is InChI=1S/C10H13NO2S/c12-9-1-3-11(6-9)10(13)5-8-2-4-14-7-8/h2,4,7,9,12H,1,3,5-6H2/t9-/m0/s1. The van der Waals surface area contributed by atoms with Gasteiger partial charge in [-0.1, -0.05) is 0 Å². The summed E-state index contributed by atoms with van der Waals surface area (Å²) in [5.41, 5.74) is 1.07. The molecule has 1 saturated heterocycles. The Bertz CT molecular complexity index is 310. The zero-order valence-electron chi connectivity index (χ0n) is 7.85. The number of carbonyl (C=O) groups is 1. The molecular formula is C10H13NO2S. The number of hydrogen-bond acceptors (Lipinski definition) is 3. The Morgan fingerprint density at radius 3 is 3.14 bits per heavy atom. The summed E-state index contributed by atoms with van der Waals surface area (Å²) in [7, 11) is 0. The van der Waals surface area contributed by atoms with Crippen molar-refractivity contribution in [3.63, 3.8) is 0 Å². The molecule has 0 saturated carbocycles. The number of thiophene rings is 1. The van der Waals surface area contributed by atoms with E-state index in [0.29, 0.717) is 19.5 Å². The highest BCUT2D eigenvalue weighted by Crippen LogP contribution is 2.13. The molecule has 0 bridgehead atoms. The minimum Gasteiger partial charge on any atom is -0.391 e. The molecule has 2 rings (SSSR count). The van der Waals surface area contributed by atoms with Gasteiger partial charge in [0.25, 0.3) is 0 Å². The van der Waals surface area contributed by atoms with Gasteiger partial charge >= 0.3 is 0 Å². The second kappa shape index (κ2) is 4.11. The maximum absolute atomic E-state index is 11.7. The molecule has 1 aliphatic rings. The van der Waals surface area contributed by atoms with Crippen LogP contribution in [0.15, 0.2) is 16.8 Å². The van der Waals surface area contributed by atoms with E-state index in [-0.39, 0.29) is 12.0 Å².